The van der Waals surface area contributed by atoms with E-state index in [9.17, 15) is 9.90 Å². The predicted molar refractivity (Wildman–Crippen MR) is 108 cm³/mol. The van der Waals surface area contributed by atoms with E-state index in [-0.39, 0.29) is 11.8 Å². The summed E-state index contributed by atoms with van der Waals surface area (Å²) >= 11 is 0. The molecule has 0 aliphatic rings. The van der Waals surface area contributed by atoms with E-state index in [0.29, 0.717) is 18.7 Å². The van der Waals surface area contributed by atoms with Crippen molar-refractivity contribution in [3.8, 4) is 5.75 Å². The minimum atomic E-state index is -0.526. The number of phenolic OH excluding ortho intramolecular Hbond substituents is 1. The zero-order chi connectivity index (χ0) is 20.0. The van der Waals surface area contributed by atoms with Crippen molar-refractivity contribution in [3.05, 3.63) is 42.2 Å². The van der Waals surface area contributed by atoms with E-state index in [1.807, 2.05) is 26.8 Å². The summed E-state index contributed by atoms with van der Waals surface area (Å²) in [6.07, 6.45) is 4.42. The van der Waals surface area contributed by atoms with Gasteiger partial charge in [-0.2, -0.15) is 0 Å². The molecule has 7 heteroatoms. The third kappa shape index (κ3) is 5.99. The Morgan fingerprint density at radius 1 is 1.37 bits per heavy atom. The number of carbonyl (C=O) groups excluding carboxylic acids is 1. The molecule has 1 aromatic carbocycles. The Labute approximate surface area is 159 Å². The van der Waals surface area contributed by atoms with Gasteiger partial charge < -0.3 is 20.5 Å². The summed E-state index contributed by atoms with van der Waals surface area (Å²) in [4.78, 5) is 22.1. The molecule has 0 unspecified atom stereocenters. The first-order valence-corrected chi connectivity index (χ1v) is 8.64. The third-order valence-electron chi connectivity index (χ3n) is 3.68. The quantitative estimate of drug-likeness (QED) is 0.787. The van der Waals surface area contributed by atoms with Gasteiger partial charge >= 0.3 is 6.09 Å². The molecule has 0 atom stereocenters. The van der Waals surface area contributed by atoms with Crippen LogP contribution in [0.4, 0.5) is 4.79 Å². The van der Waals surface area contributed by atoms with Gasteiger partial charge in [-0.3, -0.25) is 9.98 Å². The van der Waals surface area contributed by atoms with Crippen LogP contribution in [0, 0.1) is 0 Å². The minimum absolute atomic E-state index is 0.179. The Bertz CT molecular complexity index is 869. The van der Waals surface area contributed by atoms with Crippen LogP contribution in [-0.2, 0) is 4.74 Å². The molecule has 0 aliphatic heterocycles. The zero-order valence-corrected chi connectivity index (χ0v) is 16.1. The Balaban J connectivity index is 2.00. The second-order valence-electron chi connectivity index (χ2n) is 7.16. The number of rotatable bonds is 5. The average Bonchev–Trinajstić information content (AvgIpc) is 2.59. The lowest BCUT2D eigenvalue weighted by molar-refractivity contribution is 0.0304. The van der Waals surface area contributed by atoms with E-state index in [1.54, 1.807) is 37.7 Å². The van der Waals surface area contributed by atoms with Crippen molar-refractivity contribution in [2.24, 2.45) is 10.7 Å². The molecule has 2 rings (SSSR count). The lowest BCUT2D eigenvalue weighted by atomic mass is 10.1. The molecule has 1 heterocycles. The van der Waals surface area contributed by atoms with Crippen molar-refractivity contribution in [1.29, 1.82) is 0 Å². The molecular formula is C20H26N4O3. The van der Waals surface area contributed by atoms with Gasteiger partial charge in [-0.15, -0.1) is 0 Å². The van der Waals surface area contributed by atoms with Crippen LogP contribution >= 0.6 is 0 Å². The maximum Gasteiger partial charge on any atom is 0.410 e. The van der Waals surface area contributed by atoms with Crippen LogP contribution in [0.2, 0.25) is 0 Å². The lowest BCUT2D eigenvalue weighted by Gasteiger charge is -2.24. The second-order valence-corrected chi connectivity index (χ2v) is 7.16. The maximum atomic E-state index is 11.9. The molecule has 27 heavy (non-hydrogen) atoms. The number of aliphatic imine (C=N–C) groups is 1. The minimum Gasteiger partial charge on any atom is -0.508 e. The monoisotopic (exact) mass is 370 g/mol. The fraction of sp³-hybridized carbons (Fsp3) is 0.350. The molecule has 7 nitrogen and oxygen atoms in total. The van der Waals surface area contributed by atoms with Crippen LogP contribution in [-0.4, -0.2) is 53.0 Å². The molecule has 1 amide bonds. The summed E-state index contributed by atoms with van der Waals surface area (Å²) in [6.45, 7) is 6.31. The van der Waals surface area contributed by atoms with Gasteiger partial charge in [0.15, 0.2) is 0 Å². The number of carbonyl (C=O) groups is 1. The van der Waals surface area contributed by atoms with E-state index in [4.69, 9.17) is 10.5 Å². The van der Waals surface area contributed by atoms with Gasteiger partial charge in [0.2, 0.25) is 0 Å². The number of aromatic nitrogens is 1. The highest BCUT2D eigenvalue weighted by atomic mass is 16.6. The third-order valence-corrected chi connectivity index (χ3v) is 3.68. The van der Waals surface area contributed by atoms with Gasteiger partial charge in [0.25, 0.3) is 0 Å². The fourth-order valence-corrected chi connectivity index (χ4v) is 2.29. The lowest BCUT2D eigenvalue weighted by Crippen LogP contribution is -2.35. The molecule has 0 radical (unpaired) electrons. The number of fused-ring (bicyclic) bond motifs is 1. The van der Waals surface area contributed by atoms with E-state index >= 15 is 0 Å². The molecule has 0 bridgehead atoms. The van der Waals surface area contributed by atoms with E-state index in [1.165, 1.54) is 11.1 Å². The van der Waals surface area contributed by atoms with Crippen LogP contribution in [0.25, 0.3) is 16.5 Å². The van der Waals surface area contributed by atoms with Crippen LogP contribution in [0.3, 0.4) is 0 Å². The van der Waals surface area contributed by atoms with Crippen LogP contribution in [0.1, 0.15) is 26.3 Å². The number of aromatic hydroxyl groups is 1. The van der Waals surface area contributed by atoms with Gasteiger partial charge in [0.1, 0.15) is 11.4 Å². The molecule has 2 aromatic rings. The molecule has 3 N–H and O–H groups in total. The van der Waals surface area contributed by atoms with E-state index in [2.05, 4.69) is 9.98 Å². The van der Waals surface area contributed by atoms with Crippen LogP contribution in [0.5, 0.6) is 5.75 Å². The fourth-order valence-electron chi connectivity index (χ4n) is 2.29. The molecule has 0 fully saturated rings. The van der Waals surface area contributed by atoms with Gasteiger partial charge in [-0.1, -0.05) is 0 Å². The number of allylic oxidation sites excluding steroid dienone is 1. The van der Waals surface area contributed by atoms with Crippen molar-refractivity contribution < 1.29 is 14.6 Å². The van der Waals surface area contributed by atoms with Crippen molar-refractivity contribution in [2.75, 3.05) is 20.1 Å². The highest BCUT2D eigenvalue weighted by Gasteiger charge is 2.18. The standard InChI is InChI=1S/C20H26N4O3/c1-20(2,3)27-19(26)24(4)8-7-22-12-16(11-21)15-9-14-10-17(25)5-6-18(14)23-13-15/h5-6,9-13,25H,7-8,21H2,1-4H3. The predicted octanol–water partition coefficient (Wildman–Crippen LogP) is 3.18. The number of pyridine rings is 1. The summed E-state index contributed by atoms with van der Waals surface area (Å²) in [5.74, 6) is 0.179. The largest absolute Gasteiger partial charge is 0.508 e. The highest BCUT2D eigenvalue weighted by Crippen LogP contribution is 2.21. The van der Waals surface area contributed by atoms with Crippen molar-refractivity contribution in [1.82, 2.24) is 9.88 Å². The highest BCUT2D eigenvalue weighted by molar-refractivity contribution is 6.10. The number of amides is 1. The van der Waals surface area contributed by atoms with E-state index in [0.717, 1.165) is 16.5 Å². The van der Waals surface area contributed by atoms with Crippen molar-refractivity contribution in [3.63, 3.8) is 0 Å². The van der Waals surface area contributed by atoms with Crippen LogP contribution < -0.4 is 5.73 Å². The second kappa shape index (κ2) is 8.53. The number of phenols is 1. The number of nitrogens with two attached hydrogens (primary N) is 1. The molecule has 144 valence electrons. The first kappa shape index (κ1) is 20.2. The van der Waals surface area contributed by atoms with Gasteiger partial charge in [-0.25, -0.2) is 4.79 Å². The number of hydrogen-bond acceptors (Lipinski definition) is 6. The normalized spacial score (nSPS) is 12.5. The zero-order valence-electron chi connectivity index (χ0n) is 16.1. The van der Waals surface area contributed by atoms with Gasteiger partial charge in [-0.05, 0) is 45.0 Å². The van der Waals surface area contributed by atoms with Crippen molar-refractivity contribution in [2.45, 2.75) is 26.4 Å². The number of likely N-dealkylation sites (N-methyl/N-ethyl adjacent to an activating group) is 1. The first-order valence-electron chi connectivity index (χ1n) is 8.64. The molecular weight excluding hydrogens is 344 g/mol. The molecule has 0 saturated heterocycles. The summed E-state index contributed by atoms with van der Waals surface area (Å²) in [5, 5.41) is 10.4. The Kier molecular flexibility index (Phi) is 6.39. The summed E-state index contributed by atoms with van der Waals surface area (Å²) in [5.41, 5.74) is 7.47. The van der Waals surface area contributed by atoms with Crippen LogP contribution in [0.15, 0.2) is 41.7 Å². The van der Waals surface area contributed by atoms with Gasteiger partial charge in [0, 0.05) is 48.7 Å². The van der Waals surface area contributed by atoms with Gasteiger partial charge in [0.05, 0.1) is 12.1 Å². The molecule has 0 saturated carbocycles. The molecule has 0 spiro atoms. The number of nitrogens with zero attached hydrogens (tertiary/aromatic N) is 3. The first-order chi connectivity index (χ1) is 12.7. The SMILES string of the molecule is CN(CCN=CC(=CN)c1cnc2ccc(O)cc2c1)C(=O)OC(C)(C)C. The smallest absolute Gasteiger partial charge is 0.410 e. The number of hydrogen-bond donors (Lipinski definition) is 2. The Hall–Kier alpha value is -3.09. The Morgan fingerprint density at radius 2 is 2.11 bits per heavy atom. The Morgan fingerprint density at radius 3 is 2.78 bits per heavy atom. The summed E-state index contributed by atoms with van der Waals surface area (Å²) in [7, 11) is 1.67. The summed E-state index contributed by atoms with van der Waals surface area (Å²) in [6, 6.07) is 6.88. The van der Waals surface area contributed by atoms with E-state index < -0.39 is 5.60 Å². The average molecular weight is 370 g/mol. The number of ether oxygens (including phenoxy) is 1. The maximum absolute atomic E-state index is 11.9. The van der Waals surface area contributed by atoms with Crippen molar-refractivity contribution >= 4 is 28.8 Å². The molecule has 1 aromatic heterocycles. The molecule has 0 aliphatic carbocycles. The topological polar surface area (TPSA) is 101 Å². The summed E-state index contributed by atoms with van der Waals surface area (Å²) < 4.78 is 5.29. The number of benzene rings is 1.